The molecule has 0 aliphatic heterocycles. The molecule has 1 aromatic carbocycles. The van der Waals surface area contributed by atoms with Crippen LogP contribution in [-0.2, 0) is 10.0 Å². The fourth-order valence-electron chi connectivity index (χ4n) is 2.14. The molecule has 0 aliphatic rings. The van der Waals surface area contributed by atoms with Crippen LogP contribution in [0, 0.1) is 0 Å². The van der Waals surface area contributed by atoms with Crippen molar-refractivity contribution in [3.63, 3.8) is 0 Å². The first-order valence-electron chi connectivity index (χ1n) is 6.77. The van der Waals surface area contributed by atoms with E-state index in [-0.39, 0.29) is 10.9 Å². The van der Waals surface area contributed by atoms with Crippen molar-refractivity contribution >= 4 is 15.7 Å². The standard InChI is InChI=1S/C15H19N3O2S/c1-3-15(16-2)12-5-4-6-14(11-12)21(19,20)18-13-7-9-17-10-8-13/h4-11,15-16H,3H2,1-2H3,(H,17,18). The lowest BCUT2D eigenvalue weighted by Gasteiger charge is -2.15. The summed E-state index contributed by atoms with van der Waals surface area (Å²) in [4.78, 5) is 4.12. The molecule has 112 valence electrons. The Bertz CT molecular complexity index is 683. The van der Waals surface area contributed by atoms with Crippen LogP contribution in [-0.4, -0.2) is 20.4 Å². The predicted molar refractivity (Wildman–Crippen MR) is 83.6 cm³/mol. The van der Waals surface area contributed by atoms with E-state index in [2.05, 4.69) is 21.9 Å². The molecule has 1 aromatic heterocycles. The van der Waals surface area contributed by atoms with Gasteiger partial charge >= 0.3 is 0 Å². The second-order valence-electron chi connectivity index (χ2n) is 4.66. The third-order valence-electron chi connectivity index (χ3n) is 3.26. The van der Waals surface area contributed by atoms with Crippen LogP contribution in [0.1, 0.15) is 24.9 Å². The smallest absolute Gasteiger partial charge is 0.261 e. The van der Waals surface area contributed by atoms with Gasteiger partial charge in [-0.1, -0.05) is 19.1 Å². The third-order valence-corrected chi connectivity index (χ3v) is 4.64. The van der Waals surface area contributed by atoms with Crippen molar-refractivity contribution in [1.82, 2.24) is 10.3 Å². The highest BCUT2D eigenvalue weighted by atomic mass is 32.2. The van der Waals surface area contributed by atoms with Gasteiger partial charge in [-0.3, -0.25) is 9.71 Å². The maximum atomic E-state index is 12.4. The zero-order chi connectivity index (χ0) is 15.3. The Morgan fingerprint density at radius 2 is 1.90 bits per heavy atom. The molecule has 1 heterocycles. The van der Waals surface area contributed by atoms with Crippen molar-refractivity contribution in [1.29, 1.82) is 0 Å². The molecule has 0 spiro atoms. The van der Waals surface area contributed by atoms with Crippen LogP contribution >= 0.6 is 0 Å². The van der Waals surface area contributed by atoms with Gasteiger partial charge in [0.2, 0.25) is 0 Å². The molecule has 0 fully saturated rings. The van der Waals surface area contributed by atoms with Crippen LogP contribution in [0.25, 0.3) is 0 Å². The summed E-state index contributed by atoms with van der Waals surface area (Å²) in [7, 11) is -1.73. The third kappa shape index (κ3) is 3.80. The molecular formula is C15H19N3O2S. The van der Waals surface area contributed by atoms with Crippen LogP contribution in [0.2, 0.25) is 0 Å². The number of hydrogen-bond donors (Lipinski definition) is 2. The Balaban J connectivity index is 2.30. The van der Waals surface area contributed by atoms with Crippen molar-refractivity contribution in [2.45, 2.75) is 24.3 Å². The summed E-state index contributed by atoms with van der Waals surface area (Å²) >= 11 is 0. The van der Waals surface area contributed by atoms with Crippen molar-refractivity contribution in [3.8, 4) is 0 Å². The zero-order valence-corrected chi connectivity index (χ0v) is 12.9. The number of benzene rings is 1. The monoisotopic (exact) mass is 305 g/mol. The number of sulfonamides is 1. The first-order valence-corrected chi connectivity index (χ1v) is 8.25. The van der Waals surface area contributed by atoms with E-state index >= 15 is 0 Å². The molecule has 5 nitrogen and oxygen atoms in total. The molecule has 2 aromatic rings. The van der Waals surface area contributed by atoms with Gasteiger partial charge in [0.05, 0.1) is 10.6 Å². The Morgan fingerprint density at radius 3 is 2.52 bits per heavy atom. The molecule has 0 radical (unpaired) electrons. The number of anilines is 1. The number of nitrogens with zero attached hydrogens (tertiary/aromatic N) is 1. The Hall–Kier alpha value is -1.92. The minimum absolute atomic E-state index is 0.140. The van der Waals surface area contributed by atoms with Gasteiger partial charge in [0.25, 0.3) is 10.0 Å². The predicted octanol–water partition coefficient (Wildman–Crippen LogP) is 2.55. The fraction of sp³-hybridized carbons (Fsp3) is 0.267. The summed E-state index contributed by atoms with van der Waals surface area (Å²) < 4.78 is 27.4. The molecule has 1 unspecified atom stereocenters. The summed E-state index contributed by atoms with van der Waals surface area (Å²) in [5.41, 5.74) is 1.45. The van der Waals surface area contributed by atoms with E-state index in [4.69, 9.17) is 0 Å². The van der Waals surface area contributed by atoms with Crippen LogP contribution in [0.5, 0.6) is 0 Å². The van der Waals surface area contributed by atoms with Gasteiger partial charge in [0.1, 0.15) is 0 Å². The molecular weight excluding hydrogens is 286 g/mol. The summed E-state index contributed by atoms with van der Waals surface area (Å²) in [5.74, 6) is 0. The van der Waals surface area contributed by atoms with Gasteiger partial charge in [-0.25, -0.2) is 8.42 Å². The van der Waals surface area contributed by atoms with Crippen molar-refractivity contribution in [2.75, 3.05) is 11.8 Å². The molecule has 2 rings (SSSR count). The molecule has 0 amide bonds. The topological polar surface area (TPSA) is 71.1 Å². The largest absolute Gasteiger partial charge is 0.313 e. The number of nitrogens with one attached hydrogen (secondary N) is 2. The summed E-state index contributed by atoms with van der Waals surface area (Å²) in [6, 6.07) is 10.4. The highest BCUT2D eigenvalue weighted by Gasteiger charge is 2.16. The minimum Gasteiger partial charge on any atom is -0.313 e. The number of hydrogen-bond acceptors (Lipinski definition) is 4. The normalized spacial score (nSPS) is 12.9. The van der Waals surface area contributed by atoms with E-state index in [9.17, 15) is 8.42 Å². The lowest BCUT2D eigenvalue weighted by Crippen LogP contribution is -2.17. The van der Waals surface area contributed by atoms with Gasteiger partial charge < -0.3 is 5.32 Å². The number of rotatable bonds is 6. The number of aromatic nitrogens is 1. The Morgan fingerprint density at radius 1 is 1.19 bits per heavy atom. The van der Waals surface area contributed by atoms with Gasteiger partial charge in [-0.05, 0) is 43.3 Å². The molecule has 21 heavy (non-hydrogen) atoms. The molecule has 0 bridgehead atoms. The first-order chi connectivity index (χ1) is 10.1. The van der Waals surface area contributed by atoms with Gasteiger partial charge in [0, 0.05) is 18.4 Å². The average molecular weight is 305 g/mol. The zero-order valence-electron chi connectivity index (χ0n) is 12.1. The van der Waals surface area contributed by atoms with E-state index < -0.39 is 10.0 Å². The van der Waals surface area contributed by atoms with Gasteiger partial charge in [-0.2, -0.15) is 0 Å². The minimum atomic E-state index is -3.59. The molecule has 0 aliphatic carbocycles. The summed E-state index contributed by atoms with van der Waals surface area (Å²) in [6.07, 6.45) is 3.97. The fourth-order valence-corrected chi connectivity index (χ4v) is 3.25. The van der Waals surface area contributed by atoms with Crippen LogP contribution in [0.15, 0.2) is 53.7 Å². The second kappa shape index (κ2) is 6.69. The molecule has 1 atom stereocenters. The van der Waals surface area contributed by atoms with Crippen molar-refractivity contribution in [3.05, 3.63) is 54.4 Å². The quantitative estimate of drug-likeness (QED) is 0.860. The maximum absolute atomic E-state index is 12.4. The first kappa shape index (κ1) is 15.5. The molecule has 6 heteroatoms. The van der Waals surface area contributed by atoms with Crippen molar-refractivity contribution < 1.29 is 8.42 Å². The number of pyridine rings is 1. The van der Waals surface area contributed by atoms with E-state index in [0.717, 1.165) is 12.0 Å². The maximum Gasteiger partial charge on any atom is 0.261 e. The van der Waals surface area contributed by atoms with Gasteiger partial charge in [-0.15, -0.1) is 0 Å². The van der Waals surface area contributed by atoms with E-state index in [1.165, 1.54) is 0 Å². The highest BCUT2D eigenvalue weighted by molar-refractivity contribution is 7.92. The van der Waals surface area contributed by atoms with Crippen LogP contribution in [0.4, 0.5) is 5.69 Å². The molecule has 0 saturated heterocycles. The van der Waals surface area contributed by atoms with Crippen molar-refractivity contribution in [2.24, 2.45) is 0 Å². The highest BCUT2D eigenvalue weighted by Crippen LogP contribution is 2.21. The van der Waals surface area contributed by atoms with E-state index in [0.29, 0.717) is 5.69 Å². The SMILES string of the molecule is CCC(NC)c1cccc(S(=O)(=O)Nc2ccncc2)c1. The Kier molecular flexibility index (Phi) is 4.93. The summed E-state index contributed by atoms with van der Waals surface area (Å²) in [6.45, 7) is 2.05. The lowest BCUT2D eigenvalue weighted by molar-refractivity contribution is 0.574. The lowest BCUT2D eigenvalue weighted by atomic mass is 10.1. The van der Waals surface area contributed by atoms with E-state index in [1.807, 2.05) is 13.1 Å². The molecule has 0 saturated carbocycles. The van der Waals surface area contributed by atoms with Crippen LogP contribution < -0.4 is 10.0 Å². The summed E-state index contributed by atoms with van der Waals surface area (Å²) in [5, 5.41) is 3.17. The Labute approximate surface area is 125 Å². The van der Waals surface area contributed by atoms with Crippen LogP contribution in [0.3, 0.4) is 0 Å². The average Bonchev–Trinajstić information content (AvgIpc) is 2.49. The van der Waals surface area contributed by atoms with Gasteiger partial charge in [0.15, 0.2) is 0 Å². The second-order valence-corrected chi connectivity index (χ2v) is 6.35. The molecule has 2 N–H and O–H groups in total. The van der Waals surface area contributed by atoms with E-state index in [1.54, 1.807) is 42.7 Å².